The highest BCUT2D eigenvalue weighted by molar-refractivity contribution is 5.86. The van der Waals surface area contributed by atoms with Crippen LogP contribution in [0.3, 0.4) is 0 Å². The second-order valence-corrected chi connectivity index (χ2v) is 6.68. The molecule has 0 radical (unpaired) electrons. The molecule has 1 atom stereocenters. The van der Waals surface area contributed by atoms with Gasteiger partial charge in [0.15, 0.2) is 0 Å². The summed E-state index contributed by atoms with van der Waals surface area (Å²) in [5.74, 6) is 0.126. The molecule has 3 heteroatoms. The van der Waals surface area contributed by atoms with Gasteiger partial charge >= 0.3 is 0 Å². The number of hydrogen-bond donors (Lipinski definition) is 2. The van der Waals surface area contributed by atoms with Gasteiger partial charge in [0.05, 0.1) is 0 Å². The Bertz CT molecular complexity index is 830. The van der Waals surface area contributed by atoms with Gasteiger partial charge in [-0.15, -0.1) is 0 Å². The summed E-state index contributed by atoms with van der Waals surface area (Å²) in [4.78, 5) is 15.7. The zero-order chi connectivity index (χ0) is 17.1. The molecule has 3 nitrogen and oxygen atoms in total. The topological polar surface area (TPSA) is 44.9 Å². The van der Waals surface area contributed by atoms with Crippen LogP contribution in [0.2, 0.25) is 0 Å². The molecule has 0 saturated carbocycles. The van der Waals surface area contributed by atoms with E-state index >= 15 is 0 Å². The number of hydrogen-bond acceptors (Lipinski definition) is 1. The normalized spacial score (nSPS) is 12.5. The number of H-pyrrole nitrogens is 1. The van der Waals surface area contributed by atoms with Crippen LogP contribution >= 0.6 is 0 Å². The molecule has 1 aromatic heterocycles. The van der Waals surface area contributed by atoms with Crippen LogP contribution in [0.4, 0.5) is 0 Å². The number of carbonyl (C=O) groups is 1. The minimum atomic E-state index is 0.0421. The average Bonchev–Trinajstić information content (AvgIpc) is 2.97. The molecule has 0 bridgehead atoms. The van der Waals surface area contributed by atoms with Crippen LogP contribution in [0.1, 0.15) is 42.9 Å². The lowest BCUT2D eigenvalue weighted by molar-refractivity contribution is -0.121. The fourth-order valence-electron chi connectivity index (χ4n) is 3.15. The molecule has 3 rings (SSSR count). The van der Waals surface area contributed by atoms with Crippen LogP contribution in [-0.4, -0.2) is 16.9 Å². The summed E-state index contributed by atoms with van der Waals surface area (Å²) in [5, 5.41) is 4.20. The van der Waals surface area contributed by atoms with Gasteiger partial charge in [0.1, 0.15) is 0 Å². The van der Waals surface area contributed by atoms with E-state index in [1.807, 2.05) is 32.2 Å². The van der Waals surface area contributed by atoms with Crippen LogP contribution in [0.5, 0.6) is 0 Å². The van der Waals surface area contributed by atoms with E-state index in [0.717, 1.165) is 5.52 Å². The van der Waals surface area contributed by atoms with Crippen molar-refractivity contribution >= 4 is 16.8 Å². The van der Waals surface area contributed by atoms with Gasteiger partial charge in [-0.1, -0.05) is 48.0 Å². The van der Waals surface area contributed by atoms with Gasteiger partial charge in [0.25, 0.3) is 0 Å². The molecule has 0 unspecified atom stereocenters. The number of rotatable bonds is 5. The minimum Gasteiger partial charge on any atom is -0.361 e. The molecule has 0 saturated heterocycles. The molecule has 0 aliphatic rings. The Hall–Kier alpha value is -2.55. The number of aryl methyl sites for hydroxylation is 1. The zero-order valence-corrected chi connectivity index (χ0v) is 14.5. The molecule has 2 aromatic carbocycles. The van der Waals surface area contributed by atoms with E-state index in [1.54, 1.807) is 0 Å². The van der Waals surface area contributed by atoms with Gasteiger partial charge in [0.2, 0.25) is 5.91 Å². The lowest BCUT2D eigenvalue weighted by atomic mass is 9.87. The van der Waals surface area contributed by atoms with E-state index in [9.17, 15) is 4.79 Å². The fraction of sp³-hybridized carbons (Fsp3) is 0.286. The van der Waals surface area contributed by atoms with Crippen molar-refractivity contribution in [1.82, 2.24) is 10.3 Å². The number of amides is 1. The largest absolute Gasteiger partial charge is 0.361 e. The first kappa shape index (κ1) is 16.3. The molecule has 0 spiro atoms. The zero-order valence-electron chi connectivity index (χ0n) is 14.5. The van der Waals surface area contributed by atoms with Crippen molar-refractivity contribution in [2.24, 2.45) is 0 Å². The Labute approximate surface area is 143 Å². The molecule has 0 fully saturated rings. The van der Waals surface area contributed by atoms with Crippen molar-refractivity contribution in [2.45, 2.75) is 39.2 Å². The van der Waals surface area contributed by atoms with Gasteiger partial charge in [0, 0.05) is 35.5 Å². The Morgan fingerprint density at radius 2 is 1.79 bits per heavy atom. The number of aromatic amines is 1. The highest BCUT2D eigenvalue weighted by Crippen LogP contribution is 2.33. The third kappa shape index (κ3) is 3.51. The summed E-state index contributed by atoms with van der Waals surface area (Å²) < 4.78 is 0. The van der Waals surface area contributed by atoms with Crippen LogP contribution in [0.15, 0.2) is 54.7 Å². The van der Waals surface area contributed by atoms with Gasteiger partial charge < -0.3 is 10.3 Å². The van der Waals surface area contributed by atoms with Gasteiger partial charge in [-0.2, -0.15) is 0 Å². The number of nitrogens with one attached hydrogen (secondary N) is 2. The maximum Gasteiger partial charge on any atom is 0.221 e. The van der Waals surface area contributed by atoms with Crippen LogP contribution in [-0.2, 0) is 4.79 Å². The third-order valence-electron chi connectivity index (χ3n) is 4.32. The molecule has 2 N–H and O–H groups in total. The second kappa shape index (κ2) is 6.91. The van der Waals surface area contributed by atoms with E-state index in [2.05, 4.69) is 53.6 Å². The third-order valence-corrected chi connectivity index (χ3v) is 4.32. The highest BCUT2D eigenvalue weighted by Gasteiger charge is 2.21. The first-order valence-corrected chi connectivity index (χ1v) is 8.46. The number of para-hydroxylation sites is 1. The average molecular weight is 320 g/mol. The Morgan fingerprint density at radius 1 is 1.08 bits per heavy atom. The predicted octanol–water partition coefficient (Wildman–Crippen LogP) is 4.52. The van der Waals surface area contributed by atoms with E-state index in [-0.39, 0.29) is 17.9 Å². The summed E-state index contributed by atoms with van der Waals surface area (Å²) in [7, 11) is 0. The first-order valence-electron chi connectivity index (χ1n) is 8.46. The predicted molar refractivity (Wildman–Crippen MR) is 99.2 cm³/mol. The van der Waals surface area contributed by atoms with E-state index < -0.39 is 0 Å². The molecular weight excluding hydrogens is 296 g/mol. The fourth-order valence-corrected chi connectivity index (χ4v) is 3.15. The smallest absolute Gasteiger partial charge is 0.221 e. The molecule has 1 amide bonds. The maximum atomic E-state index is 12.4. The Kier molecular flexibility index (Phi) is 4.70. The van der Waals surface area contributed by atoms with Crippen molar-refractivity contribution in [2.75, 3.05) is 0 Å². The van der Waals surface area contributed by atoms with E-state index in [1.165, 1.54) is 22.1 Å². The van der Waals surface area contributed by atoms with Crippen LogP contribution in [0.25, 0.3) is 10.9 Å². The number of aromatic nitrogens is 1. The molecule has 0 aliphatic heterocycles. The molecule has 3 aromatic rings. The first-order chi connectivity index (χ1) is 11.5. The van der Waals surface area contributed by atoms with Crippen molar-refractivity contribution < 1.29 is 4.79 Å². The lowest BCUT2D eigenvalue weighted by Gasteiger charge is -2.18. The maximum absolute atomic E-state index is 12.4. The summed E-state index contributed by atoms with van der Waals surface area (Å²) in [6.07, 6.45) is 2.49. The van der Waals surface area contributed by atoms with Gasteiger partial charge in [-0.05, 0) is 38.0 Å². The summed E-state index contributed by atoms with van der Waals surface area (Å²) >= 11 is 0. The van der Waals surface area contributed by atoms with Gasteiger partial charge in [-0.3, -0.25) is 4.79 Å². The summed E-state index contributed by atoms with van der Waals surface area (Å²) in [6, 6.07) is 16.9. The van der Waals surface area contributed by atoms with Crippen molar-refractivity contribution in [1.29, 1.82) is 0 Å². The molecule has 24 heavy (non-hydrogen) atoms. The SMILES string of the molecule is Cc1ccc([C@@H](CC(=O)NC(C)C)c2c[nH]c3ccccc23)cc1. The monoisotopic (exact) mass is 320 g/mol. The Morgan fingerprint density at radius 3 is 2.50 bits per heavy atom. The summed E-state index contributed by atoms with van der Waals surface area (Å²) in [6.45, 7) is 6.06. The number of benzene rings is 2. The highest BCUT2D eigenvalue weighted by atomic mass is 16.1. The minimum absolute atomic E-state index is 0.0421. The molecular formula is C21H24N2O. The van der Waals surface area contributed by atoms with Crippen molar-refractivity contribution in [3.05, 3.63) is 71.4 Å². The number of carbonyl (C=O) groups excluding carboxylic acids is 1. The van der Waals surface area contributed by atoms with Crippen LogP contribution < -0.4 is 5.32 Å². The Balaban J connectivity index is 2.01. The van der Waals surface area contributed by atoms with E-state index in [4.69, 9.17) is 0 Å². The standard InChI is InChI=1S/C21H24N2O/c1-14(2)23-21(24)12-18(16-10-8-15(3)9-11-16)19-13-22-20-7-5-4-6-17(19)20/h4-11,13-14,18,22H,12H2,1-3H3,(H,23,24)/t18-/m1/s1. The van der Waals surface area contributed by atoms with Crippen LogP contribution in [0, 0.1) is 6.92 Å². The van der Waals surface area contributed by atoms with Crippen molar-refractivity contribution in [3.63, 3.8) is 0 Å². The molecule has 0 aliphatic carbocycles. The number of fused-ring (bicyclic) bond motifs is 1. The lowest BCUT2D eigenvalue weighted by Crippen LogP contribution is -2.31. The molecule has 1 heterocycles. The van der Waals surface area contributed by atoms with Crippen molar-refractivity contribution in [3.8, 4) is 0 Å². The van der Waals surface area contributed by atoms with Gasteiger partial charge in [-0.25, -0.2) is 0 Å². The quantitative estimate of drug-likeness (QED) is 0.713. The molecule has 124 valence electrons. The van der Waals surface area contributed by atoms with E-state index in [0.29, 0.717) is 6.42 Å². The second-order valence-electron chi connectivity index (χ2n) is 6.68. The summed E-state index contributed by atoms with van der Waals surface area (Å²) in [5.41, 5.74) is 4.68.